The van der Waals surface area contributed by atoms with E-state index in [4.69, 9.17) is 0 Å². The van der Waals surface area contributed by atoms with Gasteiger partial charge in [-0.25, -0.2) is 4.79 Å². The van der Waals surface area contributed by atoms with Gasteiger partial charge in [0.2, 0.25) is 0 Å². The van der Waals surface area contributed by atoms with Crippen LogP contribution in [0.1, 0.15) is 31.4 Å². The molecule has 0 bridgehead atoms. The lowest BCUT2D eigenvalue weighted by Gasteiger charge is -2.17. The summed E-state index contributed by atoms with van der Waals surface area (Å²) in [7, 11) is 0. The summed E-state index contributed by atoms with van der Waals surface area (Å²) in [6, 6.07) is 7.20. The van der Waals surface area contributed by atoms with E-state index in [2.05, 4.69) is 10.4 Å². The molecule has 2 rings (SSSR count). The van der Waals surface area contributed by atoms with Crippen molar-refractivity contribution in [2.45, 2.75) is 32.7 Å². The van der Waals surface area contributed by atoms with Crippen LogP contribution in [0.15, 0.2) is 29.4 Å². The highest BCUT2D eigenvalue weighted by Crippen LogP contribution is 2.20. The van der Waals surface area contributed by atoms with Crippen LogP contribution < -0.4 is 5.32 Å². The van der Waals surface area contributed by atoms with E-state index in [9.17, 15) is 9.59 Å². The smallest absolute Gasteiger partial charge is 0.322 e. The Morgan fingerprint density at radius 2 is 2.16 bits per heavy atom. The van der Waals surface area contributed by atoms with E-state index in [0.717, 1.165) is 16.1 Å². The Morgan fingerprint density at radius 3 is 2.74 bits per heavy atom. The van der Waals surface area contributed by atoms with E-state index in [1.165, 1.54) is 6.21 Å². The van der Waals surface area contributed by atoms with E-state index in [1.807, 2.05) is 38.1 Å². The number of carbonyl (C=O) groups is 2. The van der Waals surface area contributed by atoms with Gasteiger partial charge in [0.1, 0.15) is 5.54 Å². The predicted octanol–water partition coefficient (Wildman–Crippen LogP) is 2.05. The molecule has 1 saturated heterocycles. The monoisotopic (exact) mass is 259 g/mol. The standard InChI is InChI=1S/C14H17N3O2/c1-4-14(3)12(18)17(13(19)16-14)15-9-11-7-5-6-10(2)8-11/h5-9H,4H2,1-3H3,(H,16,19)/b15-9-/t14-/m0/s1. The molecule has 1 aromatic rings. The summed E-state index contributed by atoms with van der Waals surface area (Å²) in [5.74, 6) is -0.316. The molecule has 1 aliphatic heterocycles. The van der Waals surface area contributed by atoms with Gasteiger partial charge >= 0.3 is 6.03 Å². The molecule has 1 fully saturated rings. The highest BCUT2D eigenvalue weighted by atomic mass is 16.2. The minimum Gasteiger partial charge on any atom is -0.322 e. The SMILES string of the molecule is CC[C@]1(C)NC(=O)N(/N=C\c2cccc(C)c2)C1=O. The van der Waals surface area contributed by atoms with E-state index in [1.54, 1.807) is 6.92 Å². The molecule has 1 aromatic carbocycles. The summed E-state index contributed by atoms with van der Waals surface area (Å²) in [4.78, 5) is 23.8. The van der Waals surface area contributed by atoms with Gasteiger partial charge in [0.15, 0.2) is 0 Å². The third kappa shape index (κ3) is 2.50. The summed E-state index contributed by atoms with van der Waals surface area (Å²) in [5, 5.41) is 7.53. The van der Waals surface area contributed by atoms with Gasteiger partial charge in [-0.15, -0.1) is 5.01 Å². The topological polar surface area (TPSA) is 61.8 Å². The molecule has 100 valence electrons. The lowest BCUT2D eigenvalue weighted by atomic mass is 10.00. The van der Waals surface area contributed by atoms with Crippen molar-refractivity contribution in [1.29, 1.82) is 0 Å². The van der Waals surface area contributed by atoms with Crippen LogP contribution in [0.5, 0.6) is 0 Å². The second kappa shape index (κ2) is 4.84. The third-order valence-electron chi connectivity index (χ3n) is 3.31. The summed E-state index contributed by atoms with van der Waals surface area (Å²) in [6.07, 6.45) is 2.06. The summed E-state index contributed by atoms with van der Waals surface area (Å²) < 4.78 is 0. The number of urea groups is 1. The first-order valence-corrected chi connectivity index (χ1v) is 6.23. The fourth-order valence-corrected chi connectivity index (χ4v) is 1.89. The average molecular weight is 259 g/mol. The molecular formula is C14H17N3O2. The normalized spacial score (nSPS) is 23.2. The van der Waals surface area contributed by atoms with Gasteiger partial charge in [-0.05, 0) is 25.8 Å². The molecule has 0 saturated carbocycles. The van der Waals surface area contributed by atoms with E-state index >= 15 is 0 Å². The fourth-order valence-electron chi connectivity index (χ4n) is 1.89. The first kappa shape index (κ1) is 13.3. The van der Waals surface area contributed by atoms with E-state index in [-0.39, 0.29) is 5.91 Å². The quantitative estimate of drug-likeness (QED) is 0.667. The molecule has 0 radical (unpaired) electrons. The Kier molecular flexibility index (Phi) is 3.38. The maximum atomic E-state index is 12.1. The largest absolute Gasteiger partial charge is 0.346 e. The van der Waals surface area contributed by atoms with Gasteiger partial charge in [-0.2, -0.15) is 5.10 Å². The van der Waals surface area contributed by atoms with Crippen LogP contribution in [0, 0.1) is 6.92 Å². The molecule has 3 amide bonds. The van der Waals surface area contributed by atoms with Crippen LogP contribution in [-0.2, 0) is 4.79 Å². The highest BCUT2D eigenvalue weighted by Gasteiger charge is 2.46. The molecule has 1 atom stereocenters. The van der Waals surface area contributed by atoms with Gasteiger partial charge in [0.05, 0.1) is 6.21 Å². The van der Waals surface area contributed by atoms with Crippen molar-refractivity contribution in [1.82, 2.24) is 10.3 Å². The Morgan fingerprint density at radius 1 is 1.42 bits per heavy atom. The van der Waals surface area contributed by atoms with Crippen molar-refractivity contribution in [2.75, 3.05) is 0 Å². The Balaban J connectivity index is 2.20. The van der Waals surface area contributed by atoms with Crippen molar-refractivity contribution >= 4 is 18.2 Å². The van der Waals surface area contributed by atoms with Crippen molar-refractivity contribution < 1.29 is 9.59 Å². The van der Waals surface area contributed by atoms with E-state index < -0.39 is 11.6 Å². The molecule has 0 unspecified atom stereocenters. The average Bonchev–Trinajstić information content (AvgIpc) is 2.59. The van der Waals surface area contributed by atoms with Crippen molar-refractivity contribution in [3.63, 3.8) is 0 Å². The number of hydrogen-bond acceptors (Lipinski definition) is 3. The van der Waals surface area contributed by atoms with Gasteiger partial charge in [-0.1, -0.05) is 36.8 Å². The lowest BCUT2D eigenvalue weighted by Crippen LogP contribution is -2.42. The number of hydrazone groups is 1. The van der Waals surface area contributed by atoms with Crippen LogP contribution in [0.2, 0.25) is 0 Å². The van der Waals surface area contributed by atoms with Crippen molar-refractivity contribution in [3.05, 3.63) is 35.4 Å². The lowest BCUT2D eigenvalue weighted by molar-refractivity contribution is -0.130. The van der Waals surface area contributed by atoms with Crippen molar-refractivity contribution in [2.24, 2.45) is 5.10 Å². The summed E-state index contributed by atoms with van der Waals surface area (Å²) in [5.41, 5.74) is 1.10. The fraction of sp³-hybridized carbons (Fsp3) is 0.357. The number of carbonyl (C=O) groups excluding carboxylic acids is 2. The highest BCUT2D eigenvalue weighted by molar-refractivity contribution is 6.07. The number of rotatable bonds is 3. The number of imide groups is 1. The molecule has 1 heterocycles. The zero-order valence-corrected chi connectivity index (χ0v) is 11.3. The Bertz CT molecular complexity index is 553. The number of nitrogens with one attached hydrogen (secondary N) is 1. The maximum Gasteiger partial charge on any atom is 0.346 e. The number of hydrogen-bond donors (Lipinski definition) is 1. The van der Waals surface area contributed by atoms with Gasteiger partial charge in [0.25, 0.3) is 5.91 Å². The minimum absolute atomic E-state index is 0.316. The molecule has 5 heteroatoms. The van der Waals surface area contributed by atoms with E-state index in [0.29, 0.717) is 6.42 Å². The molecule has 1 aliphatic rings. The molecular weight excluding hydrogens is 242 g/mol. The van der Waals surface area contributed by atoms with Crippen LogP contribution >= 0.6 is 0 Å². The van der Waals surface area contributed by atoms with Gasteiger partial charge in [0, 0.05) is 0 Å². The maximum absolute atomic E-state index is 12.1. The molecule has 5 nitrogen and oxygen atoms in total. The molecule has 0 aromatic heterocycles. The second-order valence-corrected chi connectivity index (χ2v) is 4.89. The van der Waals surface area contributed by atoms with Crippen LogP contribution in [-0.4, -0.2) is 28.7 Å². The number of benzene rings is 1. The molecule has 1 N–H and O–H groups in total. The third-order valence-corrected chi connectivity index (χ3v) is 3.31. The predicted molar refractivity (Wildman–Crippen MR) is 72.8 cm³/mol. The molecule has 0 spiro atoms. The first-order chi connectivity index (χ1) is 8.96. The first-order valence-electron chi connectivity index (χ1n) is 6.23. The van der Waals surface area contributed by atoms with Crippen molar-refractivity contribution in [3.8, 4) is 0 Å². The van der Waals surface area contributed by atoms with Crippen LogP contribution in [0.3, 0.4) is 0 Å². The van der Waals surface area contributed by atoms with Crippen LogP contribution in [0.4, 0.5) is 4.79 Å². The summed E-state index contributed by atoms with van der Waals surface area (Å²) >= 11 is 0. The zero-order valence-electron chi connectivity index (χ0n) is 11.3. The number of nitrogens with zero attached hydrogens (tertiary/aromatic N) is 2. The molecule has 0 aliphatic carbocycles. The summed E-state index contributed by atoms with van der Waals surface area (Å²) in [6.45, 7) is 5.53. The molecule has 19 heavy (non-hydrogen) atoms. The Hall–Kier alpha value is -2.17. The number of amides is 3. The van der Waals surface area contributed by atoms with Gasteiger partial charge < -0.3 is 5.32 Å². The van der Waals surface area contributed by atoms with Crippen LogP contribution in [0.25, 0.3) is 0 Å². The second-order valence-electron chi connectivity index (χ2n) is 4.89. The number of aryl methyl sites for hydroxylation is 1. The van der Waals surface area contributed by atoms with Gasteiger partial charge in [-0.3, -0.25) is 4.79 Å². The Labute approximate surface area is 112 Å². The zero-order chi connectivity index (χ0) is 14.0. The minimum atomic E-state index is -0.846.